The average Bonchev–Trinajstić information content (AvgIpc) is 2.58. The molecule has 0 aliphatic heterocycles. The van der Waals surface area contributed by atoms with Crippen LogP contribution < -0.4 is 24.8 Å². The molecule has 7 heteroatoms. The summed E-state index contributed by atoms with van der Waals surface area (Å²) < 4.78 is 16.8. The Labute approximate surface area is 149 Å². The molecule has 0 radical (unpaired) electrons. The van der Waals surface area contributed by atoms with Gasteiger partial charge >= 0.3 is 6.03 Å². The average molecular weight is 395 g/mol. The summed E-state index contributed by atoms with van der Waals surface area (Å²) in [7, 11) is 3.15. The van der Waals surface area contributed by atoms with E-state index in [4.69, 9.17) is 14.2 Å². The molecule has 0 fully saturated rings. The van der Waals surface area contributed by atoms with Crippen molar-refractivity contribution in [2.24, 2.45) is 0 Å². The Hall–Kier alpha value is -2.41. The standard InChI is InChI=1S/C17H19BrN2O4/c1-22-14-9-15(23-2)11-16(10-14)24-7-6-19-17(21)20-13-5-3-4-12(18)8-13/h3-5,8-11H,6-7H2,1-2H3,(H2,19,20,21). The molecular weight excluding hydrogens is 376 g/mol. The number of ether oxygens (including phenoxy) is 3. The normalized spacial score (nSPS) is 9.96. The van der Waals surface area contributed by atoms with E-state index in [-0.39, 0.29) is 6.03 Å². The maximum atomic E-state index is 11.8. The van der Waals surface area contributed by atoms with Crippen molar-refractivity contribution >= 4 is 27.6 Å². The van der Waals surface area contributed by atoms with Crippen LogP contribution in [0.25, 0.3) is 0 Å². The van der Waals surface area contributed by atoms with Gasteiger partial charge in [0.15, 0.2) is 0 Å². The van der Waals surface area contributed by atoms with Gasteiger partial charge in [-0.05, 0) is 18.2 Å². The van der Waals surface area contributed by atoms with E-state index in [1.54, 1.807) is 32.4 Å². The first-order valence-electron chi connectivity index (χ1n) is 7.27. The van der Waals surface area contributed by atoms with Gasteiger partial charge in [-0.25, -0.2) is 4.79 Å². The Morgan fingerprint density at radius 3 is 2.33 bits per heavy atom. The second kappa shape index (κ2) is 9.02. The SMILES string of the molecule is COc1cc(OC)cc(OCCNC(=O)Nc2cccc(Br)c2)c1. The minimum Gasteiger partial charge on any atom is -0.496 e. The van der Waals surface area contributed by atoms with Crippen molar-refractivity contribution in [2.75, 3.05) is 32.7 Å². The zero-order valence-corrected chi connectivity index (χ0v) is 15.1. The van der Waals surface area contributed by atoms with Crippen molar-refractivity contribution in [3.05, 3.63) is 46.9 Å². The number of hydrogen-bond acceptors (Lipinski definition) is 4. The summed E-state index contributed by atoms with van der Waals surface area (Å²) in [5.74, 6) is 1.90. The highest BCUT2D eigenvalue weighted by molar-refractivity contribution is 9.10. The molecular formula is C17H19BrN2O4. The predicted molar refractivity (Wildman–Crippen MR) is 96.2 cm³/mol. The summed E-state index contributed by atoms with van der Waals surface area (Å²) in [6.45, 7) is 0.682. The topological polar surface area (TPSA) is 68.8 Å². The highest BCUT2D eigenvalue weighted by atomic mass is 79.9. The molecule has 0 spiro atoms. The number of carbonyl (C=O) groups excluding carboxylic acids is 1. The number of rotatable bonds is 7. The number of nitrogens with one attached hydrogen (secondary N) is 2. The minimum atomic E-state index is -0.292. The van der Waals surface area contributed by atoms with Crippen LogP contribution in [0.1, 0.15) is 0 Å². The molecule has 24 heavy (non-hydrogen) atoms. The van der Waals surface area contributed by atoms with Gasteiger partial charge in [-0.15, -0.1) is 0 Å². The van der Waals surface area contributed by atoms with Crippen LogP contribution in [0.4, 0.5) is 10.5 Å². The van der Waals surface area contributed by atoms with Crippen molar-refractivity contribution < 1.29 is 19.0 Å². The van der Waals surface area contributed by atoms with Crippen molar-refractivity contribution in [1.82, 2.24) is 5.32 Å². The van der Waals surface area contributed by atoms with Crippen molar-refractivity contribution in [1.29, 1.82) is 0 Å². The molecule has 0 bridgehead atoms. The monoisotopic (exact) mass is 394 g/mol. The van der Waals surface area contributed by atoms with E-state index in [1.807, 2.05) is 24.3 Å². The molecule has 0 aliphatic rings. The van der Waals surface area contributed by atoms with Gasteiger partial charge < -0.3 is 24.8 Å². The Kier molecular flexibility index (Phi) is 6.74. The Balaban J connectivity index is 1.77. The maximum Gasteiger partial charge on any atom is 0.319 e. The van der Waals surface area contributed by atoms with Crippen LogP contribution in [-0.4, -0.2) is 33.4 Å². The van der Waals surface area contributed by atoms with Crippen LogP contribution >= 0.6 is 15.9 Å². The minimum absolute atomic E-state index is 0.292. The number of urea groups is 1. The Morgan fingerprint density at radius 1 is 1.04 bits per heavy atom. The molecule has 0 heterocycles. The quantitative estimate of drug-likeness (QED) is 0.702. The molecule has 2 rings (SSSR count). The number of amides is 2. The third-order valence-corrected chi connectivity index (χ3v) is 3.56. The summed E-state index contributed by atoms with van der Waals surface area (Å²) in [6.07, 6.45) is 0. The number of benzene rings is 2. The molecule has 0 unspecified atom stereocenters. The molecule has 128 valence electrons. The van der Waals surface area contributed by atoms with Crippen molar-refractivity contribution in [3.8, 4) is 17.2 Å². The molecule has 2 amide bonds. The zero-order chi connectivity index (χ0) is 17.4. The molecule has 2 aromatic rings. The van der Waals surface area contributed by atoms with E-state index < -0.39 is 0 Å². The number of anilines is 1. The smallest absolute Gasteiger partial charge is 0.319 e. The van der Waals surface area contributed by atoms with E-state index in [9.17, 15) is 4.79 Å². The predicted octanol–water partition coefficient (Wildman–Crippen LogP) is 3.67. The van der Waals surface area contributed by atoms with Gasteiger partial charge in [0.25, 0.3) is 0 Å². The lowest BCUT2D eigenvalue weighted by Crippen LogP contribution is -2.32. The third-order valence-electron chi connectivity index (χ3n) is 3.06. The molecule has 0 saturated carbocycles. The molecule has 0 saturated heterocycles. The van der Waals surface area contributed by atoms with Gasteiger partial charge in [-0.3, -0.25) is 0 Å². The van der Waals surface area contributed by atoms with Crippen LogP contribution in [0.15, 0.2) is 46.9 Å². The first-order valence-corrected chi connectivity index (χ1v) is 8.06. The molecule has 2 aromatic carbocycles. The first-order chi connectivity index (χ1) is 11.6. The fraction of sp³-hybridized carbons (Fsp3) is 0.235. The summed E-state index contributed by atoms with van der Waals surface area (Å²) in [5.41, 5.74) is 0.709. The fourth-order valence-electron chi connectivity index (χ4n) is 1.94. The van der Waals surface area contributed by atoms with Crippen LogP contribution in [0, 0.1) is 0 Å². The van der Waals surface area contributed by atoms with E-state index in [1.165, 1.54) is 0 Å². The van der Waals surface area contributed by atoms with Gasteiger partial charge in [-0.2, -0.15) is 0 Å². The summed E-state index contributed by atoms with van der Waals surface area (Å²) in [5, 5.41) is 5.47. The highest BCUT2D eigenvalue weighted by Crippen LogP contribution is 2.27. The number of carbonyl (C=O) groups is 1. The number of hydrogen-bond donors (Lipinski definition) is 2. The lowest BCUT2D eigenvalue weighted by molar-refractivity contribution is 0.247. The number of methoxy groups -OCH3 is 2. The molecule has 0 aliphatic carbocycles. The zero-order valence-electron chi connectivity index (χ0n) is 13.5. The summed E-state index contributed by atoms with van der Waals surface area (Å²) in [6, 6.07) is 12.3. The third kappa shape index (κ3) is 5.66. The Bertz CT molecular complexity index is 672. The maximum absolute atomic E-state index is 11.8. The molecule has 6 nitrogen and oxygen atoms in total. The largest absolute Gasteiger partial charge is 0.496 e. The van der Waals surface area contributed by atoms with Crippen LogP contribution in [0.5, 0.6) is 17.2 Å². The molecule has 2 N–H and O–H groups in total. The summed E-state index contributed by atoms with van der Waals surface area (Å²) >= 11 is 3.35. The van der Waals surface area contributed by atoms with Crippen molar-refractivity contribution in [2.45, 2.75) is 0 Å². The van der Waals surface area contributed by atoms with E-state index >= 15 is 0 Å². The Morgan fingerprint density at radius 2 is 1.71 bits per heavy atom. The summed E-state index contributed by atoms with van der Waals surface area (Å²) in [4.78, 5) is 11.8. The van der Waals surface area contributed by atoms with Gasteiger partial charge in [-0.1, -0.05) is 22.0 Å². The fourth-order valence-corrected chi connectivity index (χ4v) is 2.34. The molecule has 0 aromatic heterocycles. The van der Waals surface area contributed by atoms with E-state index in [0.29, 0.717) is 36.1 Å². The lowest BCUT2D eigenvalue weighted by atomic mass is 10.3. The van der Waals surface area contributed by atoms with Gasteiger partial charge in [0.1, 0.15) is 23.9 Å². The van der Waals surface area contributed by atoms with E-state index in [0.717, 1.165) is 4.47 Å². The van der Waals surface area contributed by atoms with Crippen LogP contribution in [0.3, 0.4) is 0 Å². The highest BCUT2D eigenvalue weighted by Gasteiger charge is 2.04. The lowest BCUT2D eigenvalue weighted by Gasteiger charge is -2.11. The molecule has 0 atom stereocenters. The second-order valence-corrected chi connectivity index (χ2v) is 5.70. The first kappa shape index (κ1) is 17.9. The second-order valence-electron chi connectivity index (χ2n) is 4.79. The van der Waals surface area contributed by atoms with Crippen molar-refractivity contribution in [3.63, 3.8) is 0 Å². The van der Waals surface area contributed by atoms with Gasteiger partial charge in [0.05, 0.1) is 20.8 Å². The van der Waals surface area contributed by atoms with Gasteiger partial charge in [0, 0.05) is 28.4 Å². The van der Waals surface area contributed by atoms with Crippen LogP contribution in [0.2, 0.25) is 0 Å². The van der Waals surface area contributed by atoms with Crippen LogP contribution in [-0.2, 0) is 0 Å². The number of halogens is 1. The van der Waals surface area contributed by atoms with Gasteiger partial charge in [0.2, 0.25) is 0 Å². The van der Waals surface area contributed by atoms with E-state index in [2.05, 4.69) is 26.6 Å².